The third-order valence-electron chi connectivity index (χ3n) is 4.49. The van der Waals surface area contributed by atoms with Crippen LogP contribution >= 0.6 is 34.2 Å². The van der Waals surface area contributed by atoms with Crippen LogP contribution in [0.2, 0.25) is 5.02 Å². The molecule has 0 aliphatic carbocycles. The number of cyclic esters (lactones) is 1. The summed E-state index contributed by atoms with van der Waals surface area (Å²) in [5.74, 6) is -0.00114. The molecule has 1 aliphatic rings. The lowest BCUT2D eigenvalue weighted by Gasteiger charge is -2.07. The van der Waals surface area contributed by atoms with E-state index in [0.717, 1.165) is 9.13 Å². The van der Waals surface area contributed by atoms with E-state index in [1.165, 1.54) is 18.2 Å². The fourth-order valence-corrected chi connectivity index (χ4v) is 3.53. The van der Waals surface area contributed by atoms with E-state index in [0.29, 0.717) is 23.5 Å². The molecule has 4 rings (SSSR count). The number of benzene rings is 3. The Morgan fingerprint density at radius 2 is 1.91 bits per heavy atom. The molecule has 0 aromatic heterocycles. The van der Waals surface area contributed by atoms with Gasteiger partial charge in [0.15, 0.2) is 5.70 Å². The lowest BCUT2D eigenvalue weighted by atomic mass is 10.2. The zero-order chi connectivity index (χ0) is 22.7. The van der Waals surface area contributed by atoms with E-state index in [1.54, 1.807) is 12.1 Å². The van der Waals surface area contributed by atoms with Crippen molar-refractivity contribution in [1.29, 1.82) is 0 Å². The fourth-order valence-electron chi connectivity index (χ4n) is 2.91. The van der Waals surface area contributed by atoms with Gasteiger partial charge in [-0.25, -0.2) is 9.79 Å². The summed E-state index contributed by atoms with van der Waals surface area (Å²) in [5.41, 5.74) is 1.97. The number of halogens is 2. The number of hydrogen-bond acceptors (Lipinski definition) is 6. The van der Waals surface area contributed by atoms with Gasteiger partial charge < -0.3 is 9.47 Å². The fraction of sp³-hybridized carbons (Fsp3) is 0.0435. The molecule has 7 nitrogen and oxygen atoms in total. The summed E-state index contributed by atoms with van der Waals surface area (Å²) in [7, 11) is 0. The SMILES string of the molecule is O=C1OC(c2ccc([N+](=O)[O-])cc2Cl)=N/C1=C\c1cccc(OCc2ccc(I)cc2)c1. The Hall–Kier alpha value is -3.24. The molecule has 1 heterocycles. The molecule has 9 heteroatoms. The van der Waals surface area contributed by atoms with Crippen molar-refractivity contribution in [2.24, 2.45) is 4.99 Å². The van der Waals surface area contributed by atoms with Gasteiger partial charge in [-0.15, -0.1) is 0 Å². The first-order valence-corrected chi connectivity index (χ1v) is 10.8. The predicted octanol–water partition coefficient (Wildman–Crippen LogP) is 5.78. The molecule has 160 valence electrons. The van der Waals surface area contributed by atoms with Crippen molar-refractivity contribution in [3.63, 3.8) is 0 Å². The first kappa shape index (κ1) is 22.0. The second-order valence-electron chi connectivity index (χ2n) is 6.74. The van der Waals surface area contributed by atoms with E-state index in [4.69, 9.17) is 21.1 Å². The summed E-state index contributed by atoms with van der Waals surface area (Å²) in [5, 5.41) is 10.9. The zero-order valence-corrected chi connectivity index (χ0v) is 19.2. The van der Waals surface area contributed by atoms with Gasteiger partial charge in [-0.2, -0.15) is 0 Å². The smallest absolute Gasteiger partial charge is 0.363 e. The topological polar surface area (TPSA) is 91.0 Å². The Balaban J connectivity index is 1.52. The number of carbonyl (C=O) groups is 1. The van der Waals surface area contributed by atoms with Crippen LogP contribution in [0.25, 0.3) is 6.08 Å². The molecule has 0 saturated carbocycles. The van der Waals surface area contributed by atoms with Gasteiger partial charge in [0.2, 0.25) is 5.90 Å². The van der Waals surface area contributed by atoms with Gasteiger partial charge in [-0.05, 0) is 70.1 Å². The Morgan fingerprint density at radius 1 is 1.12 bits per heavy atom. The molecule has 0 unspecified atom stereocenters. The molecule has 3 aromatic carbocycles. The minimum atomic E-state index is -0.639. The Bertz CT molecular complexity index is 1270. The number of ether oxygens (including phenoxy) is 2. The van der Waals surface area contributed by atoms with Crippen LogP contribution in [0.1, 0.15) is 16.7 Å². The summed E-state index contributed by atoms with van der Waals surface area (Å²) in [6.07, 6.45) is 1.58. The number of hydrogen-bond donors (Lipinski definition) is 0. The molecular weight excluding hydrogens is 547 g/mol. The van der Waals surface area contributed by atoms with Crippen LogP contribution in [0.5, 0.6) is 5.75 Å². The minimum absolute atomic E-state index is 0.00716. The summed E-state index contributed by atoms with van der Waals surface area (Å²) in [6.45, 7) is 0.417. The van der Waals surface area contributed by atoms with Gasteiger partial charge in [0.05, 0.1) is 15.5 Å². The van der Waals surface area contributed by atoms with Gasteiger partial charge in [0, 0.05) is 15.7 Å². The van der Waals surface area contributed by atoms with E-state index in [2.05, 4.69) is 27.6 Å². The Kier molecular flexibility index (Phi) is 6.52. The number of esters is 1. The van der Waals surface area contributed by atoms with Crippen LogP contribution in [0, 0.1) is 13.7 Å². The van der Waals surface area contributed by atoms with E-state index in [9.17, 15) is 14.9 Å². The van der Waals surface area contributed by atoms with Gasteiger partial charge in [-0.3, -0.25) is 10.1 Å². The Labute approximate surface area is 201 Å². The number of non-ortho nitro benzene ring substituents is 1. The average Bonchev–Trinajstić information content (AvgIpc) is 3.13. The van der Waals surface area contributed by atoms with Gasteiger partial charge in [0.1, 0.15) is 12.4 Å². The molecule has 32 heavy (non-hydrogen) atoms. The highest BCUT2D eigenvalue weighted by Crippen LogP contribution is 2.27. The average molecular weight is 561 g/mol. The molecule has 0 fully saturated rings. The molecular formula is C23H14ClIN2O5. The second-order valence-corrected chi connectivity index (χ2v) is 8.40. The summed E-state index contributed by atoms with van der Waals surface area (Å²) in [6, 6.07) is 19.1. The third-order valence-corrected chi connectivity index (χ3v) is 5.53. The van der Waals surface area contributed by atoms with E-state index < -0.39 is 10.9 Å². The third kappa shape index (κ3) is 5.14. The van der Waals surface area contributed by atoms with Crippen molar-refractivity contribution in [2.45, 2.75) is 6.61 Å². The maximum atomic E-state index is 12.3. The molecule has 0 spiro atoms. The van der Waals surface area contributed by atoms with Crippen molar-refractivity contribution in [3.8, 4) is 5.75 Å². The highest BCUT2D eigenvalue weighted by atomic mass is 127. The Morgan fingerprint density at radius 3 is 2.62 bits per heavy atom. The van der Waals surface area contributed by atoms with E-state index >= 15 is 0 Å². The van der Waals surface area contributed by atoms with Crippen molar-refractivity contribution in [2.75, 3.05) is 0 Å². The van der Waals surface area contributed by atoms with Crippen molar-refractivity contribution in [1.82, 2.24) is 0 Å². The van der Waals surface area contributed by atoms with Gasteiger partial charge >= 0.3 is 5.97 Å². The maximum Gasteiger partial charge on any atom is 0.363 e. The van der Waals surface area contributed by atoms with E-state index in [-0.39, 0.29) is 22.3 Å². The quantitative estimate of drug-likeness (QED) is 0.125. The van der Waals surface area contributed by atoms with Crippen LogP contribution in [0.4, 0.5) is 5.69 Å². The zero-order valence-electron chi connectivity index (χ0n) is 16.3. The molecule has 0 atom stereocenters. The van der Waals surface area contributed by atoms with Gasteiger partial charge in [0.25, 0.3) is 5.69 Å². The standard InChI is InChI=1S/C23H14ClIN2O5/c24-20-12-17(27(29)30)8-9-19(20)22-26-21(23(28)32-22)11-15-2-1-3-18(10-15)31-13-14-4-6-16(25)7-5-14/h1-12H,13H2/b21-11-. The summed E-state index contributed by atoms with van der Waals surface area (Å²) >= 11 is 8.36. The predicted molar refractivity (Wildman–Crippen MR) is 129 cm³/mol. The van der Waals surface area contributed by atoms with Crippen molar-refractivity contribution in [3.05, 3.63) is 108 Å². The van der Waals surface area contributed by atoms with Crippen LogP contribution in [-0.4, -0.2) is 16.8 Å². The van der Waals surface area contributed by atoms with E-state index in [1.807, 2.05) is 42.5 Å². The number of rotatable bonds is 6. The number of nitro benzene ring substituents is 1. The summed E-state index contributed by atoms with van der Waals surface area (Å²) in [4.78, 5) is 26.8. The molecule has 0 amide bonds. The minimum Gasteiger partial charge on any atom is -0.489 e. The molecule has 1 aliphatic heterocycles. The first-order valence-electron chi connectivity index (χ1n) is 9.33. The molecule has 3 aromatic rings. The number of nitrogens with zero attached hydrogens (tertiary/aromatic N) is 2. The normalized spacial score (nSPS) is 14.2. The summed E-state index contributed by atoms with van der Waals surface area (Å²) < 4.78 is 12.2. The number of nitro groups is 1. The monoisotopic (exact) mass is 560 g/mol. The number of aliphatic imine (C=N–C) groups is 1. The molecule has 0 radical (unpaired) electrons. The maximum absolute atomic E-state index is 12.3. The molecule has 0 bridgehead atoms. The van der Waals surface area contributed by atoms with Crippen LogP contribution in [0.15, 0.2) is 77.4 Å². The largest absolute Gasteiger partial charge is 0.489 e. The first-order chi connectivity index (χ1) is 15.4. The highest BCUT2D eigenvalue weighted by molar-refractivity contribution is 14.1. The second kappa shape index (κ2) is 9.49. The van der Waals surface area contributed by atoms with Crippen LogP contribution in [-0.2, 0) is 16.1 Å². The van der Waals surface area contributed by atoms with Crippen molar-refractivity contribution < 1.29 is 19.2 Å². The molecule has 0 N–H and O–H groups in total. The highest BCUT2D eigenvalue weighted by Gasteiger charge is 2.26. The van der Waals surface area contributed by atoms with Crippen LogP contribution < -0.4 is 4.74 Å². The van der Waals surface area contributed by atoms with Gasteiger partial charge in [-0.1, -0.05) is 35.9 Å². The lowest BCUT2D eigenvalue weighted by Crippen LogP contribution is -2.06. The lowest BCUT2D eigenvalue weighted by molar-refractivity contribution is -0.384. The number of carbonyl (C=O) groups excluding carboxylic acids is 1. The van der Waals surface area contributed by atoms with Crippen molar-refractivity contribution >= 4 is 57.8 Å². The molecule has 0 saturated heterocycles. The van der Waals surface area contributed by atoms with Crippen LogP contribution in [0.3, 0.4) is 0 Å².